The van der Waals surface area contributed by atoms with E-state index < -0.39 is 0 Å². The minimum Gasteiger partial charge on any atom is -0.399 e. The van der Waals surface area contributed by atoms with E-state index >= 15 is 0 Å². The Kier molecular flexibility index (Phi) is 3.47. The van der Waals surface area contributed by atoms with Crippen molar-refractivity contribution in [3.63, 3.8) is 0 Å². The summed E-state index contributed by atoms with van der Waals surface area (Å²) in [4.78, 5) is 4.34. The second-order valence-electron chi connectivity index (χ2n) is 4.29. The zero-order chi connectivity index (χ0) is 12.3. The number of hydrogen-bond donors (Lipinski definition) is 2. The molecule has 3 nitrogen and oxygen atoms in total. The van der Waals surface area contributed by atoms with Crippen molar-refractivity contribution in [2.45, 2.75) is 32.7 Å². The van der Waals surface area contributed by atoms with Gasteiger partial charge in [0.15, 0.2) is 0 Å². The van der Waals surface area contributed by atoms with E-state index in [4.69, 9.17) is 5.73 Å². The molecule has 0 aliphatic carbocycles. The molecule has 0 bridgehead atoms. The average Bonchev–Trinajstić information content (AvgIpc) is 2.35. The Bertz CT molecular complexity index is 504. The molecule has 2 rings (SSSR count). The molecule has 17 heavy (non-hydrogen) atoms. The first-order valence-corrected chi connectivity index (χ1v) is 6.15. The van der Waals surface area contributed by atoms with E-state index in [0.717, 1.165) is 35.1 Å². The number of hydrogen-bond acceptors (Lipinski definition) is 3. The van der Waals surface area contributed by atoms with E-state index in [1.54, 1.807) is 0 Å². The van der Waals surface area contributed by atoms with Crippen LogP contribution in [0.15, 0.2) is 30.5 Å². The minimum atomic E-state index is 0.512. The molecule has 0 saturated carbocycles. The summed E-state index contributed by atoms with van der Waals surface area (Å²) in [5.74, 6) is 0. The number of nitrogens with one attached hydrogen (secondary N) is 1. The number of nitrogens with two attached hydrogens (primary N) is 1. The molecule has 0 saturated heterocycles. The molecule has 1 aromatic heterocycles. The highest BCUT2D eigenvalue weighted by Crippen LogP contribution is 2.24. The number of fused-ring (bicyclic) bond motifs is 1. The molecule has 0 amide bonds. The summed E-state index contributed by atoms with van der Waals surface area (Å²) >= 11 is 0. The summed E-state index contributed by atoms with van der Waals surface area (Å²) in [6.07, 6.45) is 4.07. The molecule has 2 aromatic rings. The standard InChI is InChI=1S/C14H19N3/c1-3-11(4-2)17-13-7-8-16-14-9-10(15)5-6-12(13)14/h5-9,11H,3-4,15H2,1-2H3,(H,16,17). The van der Waals surface area contributed by atoms with Gasteiger partial charge in [-0.2, -0.15) is 0 Å². The molecule has 0 unspecified atom stereocenters. The molecule has 1 heterocycles. The summed E-state index contributed by atoms with van der Waals surface area (Å²) in [7, 11) is 0. The van der Waals surface area contributed by atoms with Gasteiger partial charge in [-0.05, 0) is 37.1 Å². The van der Waals surface area contributed by atoms with Crippen LogP contribution in [0.1, 0.15) is 26.7 Å². The molecule has 1 aromatic carbocycles. The van der Waals surface area contributed by atoms with Gasteiger partial charge in [-0.1, -0.05) is 13.8 Å². The smallest absolute Gasteiger partial charge is 0.0743 e. The van der Waals surface area contributed by atoms with Gasteiger partial charge in [0.1, 0.15) is 0 Å². The van der Waals surface area contributed by atoms with Crippen LogP contribution in [-0.2, 0) is 0 Å². The average molecular weight is 229 g/mol. The van der Waals surface area contributed by atoms with Crippen molar-refractivity contribution in [2.75, 3.05) is 11.1 Å². The number of benzene rings is 1. The van der Waals surface area contributed by atoms with Crippen LogP contribution in [-0.4, -0.2) is 11.0 Å². The van der Waals surface area contributed by atoms with Crippen LogP contribution >= 0.6 is 0 Å². The van der Waals surface area contributed by atoms with Crippen molar-refractivity contribution in [3.05, 3.63) is 30.5 Å². The molecule has 0 aliphatic heterocycles. The second-order valence-corrected chi connectivity index (χ2v) is 4.29. The van der Waals surface area contributed by atoms with Crippen molar-refractivity contribution in [1.29, 1.82) is 0 Å². The number of anilines is 2. The largest absolute Gasteiger partial charge is 0.399 e. The lowest BCUT2D eigenvalue weighted by Crippen LogP contribution is -2.17. The van der Waals surface area contributed by atoms with E-state index in [9.17, 15) is 0 Å². The highest BCUT2D eigenvalue weighted by Gasteiger charge is 2.06. The predicted molar refractivity (Wildman–Crippen MR) is 74.1 cm³/mol. The summed E-state index contributed by atoms with van der Waals surface area (Å²) in [6.45, 7) is 4.39. The minimum absolute atomic E-state index is 0.512. The maximum Gasteiger partial charge on any atom is 0.0743 e. The summed E-state index contributed by atoms with van der Waals surface area (Å²) in [6, 6.07) is 8.40. The Morgan fingerprint density at radius 1 is 1.24 bits per heavy atom. The van der Waals surface area contributed by atoms with E-state index in [1.807, 2.05) is 30.5 Å². The van der Waals surface area contributed by atoms with Crippen LogP contribution in [0.5, 0.6) is 0 Å². The predicted octanol–water partition coefficient (Wildman–Crippen LogP) is 3.42. The number of rotatable bonds is 4. The maximum absolute atomic E-state index is 5.77. The Morgan fingerprint density at radius 2 is 2.00 bits per heavy atom. The highest BCUT2D eigenvalue weighted by molar-refractivity contribution is 5.92. The third-order valence-electron chi connectivity index (χ3n) is 3.11. The quantitative estimate of drug-likeness (QED) is 0.790. The highest BCUT2D eigenvalue weighted by atomic mass is 14.9. The number of pyridine rings is 1. The Morgan fingerprint density at radius 3 is 2.71 bits per heavy atom. The van der Waals surface area contributed by atoms with E-state index in [-0.39, 0.29) is 0 Å². The van der Waals surface area contributed by atoms with Gasteiger partial charge in [-0.3, -0.25) is 4.98 Å². The van der Waals surface area contributed by atoms with Crippen molar-refractivity contribution < 1.29 is 0 Å². The van der Waals surface area contributed by atoms with Gasteiger partial charge in [0.05, 0.1) is 5.52 Å². The number of aromatic nitrogens is 1. The number of nitrogen functional groups attached to an aromatic ring is 1. The maximum atomic E-state index is 5.77. The van der Waals surface area contributed by atoms with Crippen molar-refractivity contribution >= 4 is 22.3 Å². The topological polar surface area (TPSA) is 50.9 Å². The van der Waals surface area contributed by atoms with Gasteiger partial charge in [0.25, 0.3) is 0 Å². The molecule has 0 radical (unpaired) electrons. The second kappa shape index (κ2) is 5.04. The third kappa shape index (κ3) is 2.49. The SMILES string of the molecule is CCC(CC)Nc1ccnc2cc(N)ccc12. The first kappa shape index (κ1) is 11.7. The Balaban J connectivity index is 2.40. The lowest BCUT2D eigenvalue weighted by molar-refractivity contribution is 0.672. The normalized spacial score (nSPS) is 11.0. The van der Waals surface area contributed by atoms with Crippen LogP contribution in [0, 0.1) is 0 Å². The molecule has 0 spiro atoms. The number of nitrogens with zero attached hydrogens (tertiary/aromatic N) is 1. The lowest BCUT2D eigenvalue weighted by Gasteiger charge is -2.17. The fourth-order valence-electron chi connectivity index (χ4n) is 2.00. The van der Waals surface area contributed by atoms with Gasteiger partial charge in [0.2, 0.25) is 0 Å². The monoisotopic (exact) mass is 229 g/mol. The van der Waals surface area contributed by atoms with Gasteiger partial charge in [-0.15, -0.1) is 0 Å². The molecule has 0 aliphatic rings. The molecule has 90 valence electrons. The zero-order valence-electron chi connectivity index (χ0n) is 10.4. The van der Waals surface area contributed by atoms with E-state index in [1.165, 1.54) is 0 Å². The van der Waals surface area contributed by atoms with Crippen LogP contribution in [0.3, 0.4) is 0 Å². The summed E-state index contributed by atoms with van der Waals surface area (Å²) in [5.41, 5.74) is 8.61. The Hall–Kier alpha value is -1.77. The van der Waals surface area contributed by atoms with Crippen LogP contribution < -0.4 is 11.1 Å². The molecule has 3 N–H and O–H groups in total. The summed E-state index contributed by atoms with van der Waals surface area (Å²) < 4.78 is 0. The first-order chi connectivity index (χ1) is 8.24. The van der Waals surface area contributed by atoms with Gasteiger partial charge < -0.3 is 11.1 Å². The van der Waals surface area contributed by atoms with Crippen LogP contribution in [0.4, 0.5) is 11.4 Å². The fourth-order valence-corrected chi connectivity index (χ4v) is 2.00. The van der Waals surface area contributed by atoms with E-state index in [0.29, 0.717) is 6.04 Å². The van der Waals surface area contributed by atoms with Crippen LogP contribution in [0.25, 0.3) is 10.9 Å². The molecule has 3 heteroatoms. The first-order valence-electron chi connectivity index (χ1n) is 6.15. The Labute approximate surface area is 102 Å². The van der Waals surface area contributed by atoms with Gasteiger partial charge >= 0.3 is 0 Å². The summed E-state index contributed by atoms with van der Waals surface area (Å²) in [5, 5.41) is 4.69. The zero-order valence-corrected chi connectivity index (χ0v) is 10.4. The van der Waals surface area contributed by atoms with Gasteiger partial charge in [0, 0.05) is 29.0 Å². The lowest BCUT2D eigenvalue weighted by atomic mass is 10.1. The van der Waals surface area contributed by atoms with Crippen LogP contribution in [0.2, 0.25) is 0 Å². The third-order valence-corrected chi connectivity index (χ3v) is 3.11. The molecular weight excluding hydrogens is 210 g/mol. The molecule has 0 atom stereocenters. The van der Waals surface area contributed by atoms with E-state index in [2.05, 4.69) is 24.1 Å². The molecular formula is C14H19N3. The molecule has 0 fully saturated rings. The van der Waals surface area contributed by atoms with Crippen molar-refractivity contribution in [1.82, 2.24) is 4.98 Å². The van der Waals surface area contributed by atoms with Crippen molar-refractivity contribution in [2.24, 2.45) is 0 Å². The van der Waals surface area contributed by atoms with Gasteiger partial charge in [-0.25, -0.2) is 0 Å². The fraction of sp³-hybridized carbons (Fsp3) is 0.357. The van der Waals surface area contributed by atoms with Crippen molar-refractivity contribution in [3.8, 4) is 0 Å².